The highest BCUT2D eigenvalue weighted by Gasteiger charge is 2.26. The fourth-order valence-corrected chi connectivity index (χ4v) is 2.54. The average molecular weight is 277 g/mol. The van der Waals surface area contributed by atoms with Gasteiger partial charge in [0.25, 0.3) is 5.91 Å². The SMILES string of the molecule is CCNc1ccc(C(=O)NC2CCN(C)CC2C)nn1. The van der Waals surface area contributed by atoms with Crippen LogP contribution in [0.5, 0.6) is 0 Å². The number of carbonyl (C=O) groups excluding carboxylic acids is 1. The van der Waals surface area contributed by atoms with Gasteiger partial charge in [-0.3, -0.25) is 4.79 Å². The van der Waals surface area contributed by atoms with Crippen molar-refractivity contribution in [1.29, 1.82) is 0 Å². The molecule has 0 radical (unpaired) electrons. The first-order valence-corrected chi connectivity index (χ1v) is 7.17. The van der Waals surface area contributed by atoms with Gasteiger partial charge in [0.2, 0.25) is 0 Å². The number of piperidine rings is 1. The van der Waals surface area contributed by atoms with E-state index in [9.17, 15) is 4.79 Å². The van der Waals surface area contributed by atoms with E-state index in [4.69, 9.17) is 0 Å². The summed E-state index contributed by atoms with van der Waals surface area (Å²) in [5.41, 5.74) is 0.373. The number of hydrogen-bond acceptors (Lipinski definition) is 5. The van der Waals surface area contributed by atoms with Gasteiger partial charge in [0, 0.05) is 19.1 Å². The molecule has 1 fully saturated rings. The van der Waals surface area contributed by atoms with Crippen molar-refractivity contribution in [3.05, 3.63) is 17.8 Å². The van der Waals surface area contributed by atoms with Crippen LogP contribution in [0.15, 0.2) is 12.1 Å². The van der Waals surface area contributed by atoms with Crippen LogP contribution < -0.4 is 10.6 Å². The molecule has 6 nitrogen and oxygen atoms in total. The van der Waals surface area contributed by atoms with Gasteiger partial charge < -0.3 is 15.5 Å². The molecule has 0 aromatic carbocycles. The third-order valence-corrected chi connectivity index (χ3v) is 3.68. The molecule has 1 aliphatic heterocycles. The molecule has 1 amide bonds. The van der Waals surface area contributed by atoms with Crippen molar-refractivity contribution in [3.63, 3.8) is 0 Å². The molecular formula is C14H23N5O. The quantitative estimate of drug-likeness (QED) is 0.858. The van der Waals surface area contributed by atoms with Crippen molar-refractivity contribution in [1.82, 2.24) is 20.4 Å². The highest BCUT2D eigenvalue weighted by Crippen LogP contribution is 2.15. The van der Waals surface area contributed by atoms with Crippen LogP contribution in [-0.4, -0.2) is 53.7 Å². The summed E-state index contributed by atoms with van der Waals surface area (Å²) in [7, 11) is 2.11. The van der Waals surface area contributed by atoms with E-state index in [-0.39, 0.29) is 11.9 Å². The predicted octanol–water partition coefficient (Wildman–Crippen LogP) is 0.978. The predicted molar refractivity (Wildman–Crippen MR) is 78.7 cm³/mol. The Morgan fingerprint density at radius 1 is 1.45 bits per heavy atom. The first-order valence-electron chi connectivity index (χ1n) is 7.17. The number of likely N-dealkylation sites (tertiary alicyclic amines) is 1. The molecule has 1 aliphatic rings. The maximum absolute atomic E-state index is 12.2. The summed E-state index contributed by atoms with van der Waals surface area (Å²) in [4.78, 5) is 14.5. The van der Waals surface area contributed by atoms with Crippen molar-refractivity contribution < 1.29 is 4.79 Å². The zero-order chi connectivity index (χ0) is 14.5. The maximum Gasteiger partial charge on any atom is 0.272 e. The number of rotatable bonds is 4. The third kappa shape index (κ3) is 3.66. The number of carbonyl (C=O) groups is 1. The molecule has 20 heavy (non-hydrogen) atoms. The molecule has 0 bridgehead atoms. The molecule has 0 saturated carbocycles. The first-order chi connectivity index (χ1) is 9.60. The number of aromatic nitrogens is 2. The molecule has 0 spiro atoms. The zero-order valence-corrected chi connectivity index (χ0v) is 12.4. The van der Waals surface area contributed by atoms with E-state index in [0.29, 0.717) is 17.4 Å². The topological polar surface area (TPSA) is 70.2 Å². The van der Waals surface area contributed by atoms with Crippen LogP contribution in [0, 0.1) is 5.92 Å². The number of anilines is 1. The van der Waals surface area contributed by atoms with Crippen LogP contribution in [0.2, 0.25) is 0 Å². The van der Waals surface area contributed by atoms with E-state index >= 15 is 0 Å². The van der Waals surface area contributed by atoms with Gasteiger partial charge in [-0.05, 0) is 45.0 Å². The fourth-order valence-electron chi connectivity index (χ4n) is 2.54. The van der Waals surface area contributed by atoms with Gasteiger partial charge in [-0.25, -0.2) is 0 Å². The molecule has 2 N–H and O–H groups in total. The van der Waals surface area contributed by atoms with Gasteiger partial charge in [-0.1, -0.05) is 6.92 Å². The summed E-state index contributed by atoms with van der Waals surface area (Å²) in [6, 6.07) is 3.71. The van der Waals surface area contributed by atoms with Crippen LogP contribution in [0.4, 0.5) is 5.82 Å². The number of nitrogens with one attached hydrogen (secondary N) is 2. The largest absolute Gasteiger partial charge is 0.369 e. The van der Waals surface area contributed by atoms with Gasteiger partial charge in [0.15, 0.2) is 5.69 Å². The second-order valence-electron chi connectivity index (χ2n) is 5.44. The van der Waals surface area contributed by atoms with Crippen LogP contribution in [0.1, 0.15) is 30.8 Å². The lowest BCUT2D eigenvalue weighted by Gasteiger charge is -2.35. The van der Waals surface area contributed by atoms with Crippen LogP contribution in [-0.2, 0) is 0 Å². The molecule has 2 rings (SSSR count). The van der Waals surface area contributed by atoms with Gasteiger partial charge in [-0.15, -0.1) is 10.2 Å². The summed E-state index contributed by atoms with van der Waals surface area (Å²) in [5.74, 6) is 1.00. The lowest BCUT2D eigenvalue weighted by molar-refractivity contribution is 0.0878. The Morgan fingerprint density at radius 3 is 2.85 bits per heavy atom. The summed E-state index contributed by atoms with van der Waals surface area (Å²) in [5, 5.41) is 14.1. The fraction of sp³-hybridized carbons (Fsp3) is 0.643. The molecule has 2 atom stereocenters. The summed E-state index contributed by atoms with van der Waals surface area (Å²) in [6.45, 7) is 6.97. The van der Waals surface area contributed by atoms with Crippen molar-refractivity contribution >= 4 is 11.7 Å². The Balaban J connectivity index is 1.94. The van der Waals surface area contributed by atoms with E-state index in [1.54, 1.807) is 12.1 Å². The Morgan fingerprint density at radius 2 is 2.25 bits per heavy atom. The van der Waals surface area contributed by atoms with Crippen LogP contribution in [0.25, 0.3) is 0 Å². The first kappa shape index (κ1) is 14.7. The third-order valence-electron chi connectivity index (χ3n) is 3.68. The van der Waals surface area contributed by atoms with Crippen molar-refractivity contribution in [2.24, 2.45) is 5.92 Å². The molecular weight excluding hydrogens is 254 g/mol. The molecule has 2 unspecified atom stereocenters. The maximum atomic E-state index is 12.2. The number of amides is 1. The van der Waals surface area contributed by atoms with E-state index < -0.39 is 0 Å². The van der Waals surface area contributed by atoms with E-state index in [1.807, 2.05) is 6.92 Å². The average Bonchev–Trinajstić information content (AvgIpc) is 2.43. The lowest BCUT2D eigenvalue weighted by Crippen LogP contribution is -2.49. The van der Waals surface area contributed by atoms with Gasteiger partial charge in [0.1, 0.15) is 5.82 Å². The highest BCUT2D eigenvalue weighted by molar-refractivity contribution is 5.92. The van der Waals surface area contributed by atoms with Crippen LogP contribution in [0.3, 0.4) is 0 Å². The number of hydrogen-bond donors (Lipinski definition) is 2. The van der Waals surface area contributed by atoms with E-state index in [2.05, 4.69) is 39.7 Å². The monoisotopic (exact) mass is 277 g/mol. The molecule has 1 aromatic heterocycles. The highest BCUT2D eigenvalue weighted by atomic mass is 16.2. The Hall–Kier alpha value is -1.69. The van der Waals surface area contributed by atoms with Crippen molar-refractivity contribution in [2.75, 3.05) is 32.0 Å². The van der Waals surface area contributed by atoms with E-state index in [0.717, 1.165) is 26.1 Å². The van der Waals surface area contributed by atoms with Crippen LogP contribution >= 0.6 is 0 Å². The molecule has 1 aromatic rings. The molecule has 1 saturated heterocycles. The summed E-state index contributed by atoms with van der Waals surface area (Å²) >= 11 is 0. The Labute approximate surface area is 120 Å². The van der Waals surface area contributed by atoms with Gasteiger partial charge in [0.05, 0.1) is 0 Å². The lowest BCUT2D eigenvalue weighted by atomic mass is 9.94. The Bertz CT molecular complexity index is 447. The summed E-state index contributed by atoms with van der Waals surface area (Å²) in [6.07, 6.45) is 0.978. The molecule has 2 heterocycles. The minimum atomic E-state index is -0.137. The van der Waals surface area contributed by atoms with Gasteiger partial charge >= 0.3 is 0 Å². The minimum Gasteiger partial charge on any atom is -0.369 e. The second kappa shape index (κ2) is 6.65. The molecule has 6 heteroatoms. The van der Waals surface area contributed by atoms with E-state index in [1.165, 1.54) is 0 Å². The second-order valence-corrected chi connectivity index (χ2v) is 5.44. The molecule has 110 valence electrons. The Kier molecular flexibility index (Phi) is 4.89. The van der Waals surface area contributed by atoms with Crippen molar-refractivity contribution in [2.45, 2.75) is 26.3 Å². The minimum absolute atomic E-state index is 0.137. The van der Waals surface area contributed by atoms with Gasteiger partial charge in [-0.2, -0.15) is 0 Å². The summed E-state index contributed by atoms with van der Waals surface area (Å²) < 4.78 is 0. The van der Waals surface area contributed by atoms with Crippen molar-refractivity contribution in [3.8, 4) is 0 Å². The number of nitrogens with zero attached hydrogens (tertiary/aromatic N) is 3. The zero-order valence-electron chi connectivity index (χ0n) is 12.4. The molecule has 0 aliphatic carbocycles. The smallest absolute Gasteiger partial charge is 0.272 e. The standard InChI is InChI=1S/C14H23N5O/c1-4-15-13-6-5-12(17-18-13)14(20)16-11-7-8-19(3)9-10(11)2/h5-6,10-11H,4,7-9H2,1-3H3,(H,15,18)(H,16,20). The normalized spacial score (nSPS) is 23.4.